The maximum absolute atomic E-state index is 12.3. The van der Waals surface area contributed by atoms with Gasteiger partial charge in [0.1, 0.15) is 0 Å². The van der Waals surface area contributed by atoms with E-state index >= 15 is 0 Å². The molecule has 1 aromatic rings. The smallest absolute Gasteiger partial charge is 0.293 e. The fraction of sp³-hybridized carbons (Fsp3) is 0.333. The van der Waals surface area contributed by atoms with Crippen LogP contribution in [0.2, 0.25) is 0 Å². The Morgan fingerprint density at radius 2 is 1.83 bits per heavy atom. The van der Waals surface area contributed by atoms with Gasteiger partial charge < -0.3 is 14.2 Å². The monoisotopic (exact) mass is 401 g/mol. The zero-order valence-electron chi connectivity index (χ0n) is 12.9. The topological polar surface area (TPSA) is 65.1 Å². The van der Waals surface area contributed by atoms with Gasteiger partial charge in [-0.3, -0.25) is 14.5 Å². The number of nitrogens with zero attached hydrogens (tertiary/aromatic N) is 1. The van der Waals surface area contributed by atoms with Crippen molar-refractivity contribution in [2.45, 2.75) is 0 Å². The van der Waals surface area contributed by atoms with Gasteiger partial charge >= 0.3 is 0 Å². The second-order valence-electron chi connectivity index (χ2n) is 4.55. The summed E-state index contributed by atoms with van der Waals surface area (Å²) in [5.41, 5.74) is 0.722. The number of methoxy groups -OCH3 is 3. The van der Waals surface area contributed by atoms with Crippen LogP contribution in [-0.2, 0) is 9.53 Å². The van der Waals surface area contributed by atoms with Gasteiger partial charge in [-0.15, -0.1) is 0 Å². The molecule has 0 saturated carbocycles. The van der Waals surface area contributed by atoms with E-state index in [9.17, 15) is 9.59 Å². The van der Waals surface area contributed by atoms with Crippen molar-refractivity contribution in [1.29, 1.82) is 0 Å². The molecule has 0 aliphatic carbocycles. The number of hydrogen-bond acceptors (Lipinski definition) is 6. The van der Waals surface area contributed by atoms with Crippen LogP contribution in [0.1, 0.15) is 5.56 Å². The van der Waals surface area contributed by atoms with E-state index < -0.39 is 0 Å². The van der Waals surface area contributed by atoms with E-state index in [1.807, 2.05) is 0 Å². The molecule has 0 radical (unpaired) electrons. The fourth-order valence-electron chi connectivity index (χ4n) is 2.00. The quantitative estimate of drug-likeness (QED) is 0.682. The van der Waals surface area contributed by atoms with Crippen molar-refractivity contribution >= 4 is 44.9 Å². The standard InChI is InChI=1S/C15H16BrNO5S/c1-20-5-4-17-14(18)13(23-15(17)19)7-9-6-11(21-2)12(22-3)8-10(9)16/h6-8H,4-5H2,1-3H3/b13-7+. The number of ether oxygens (including phenoxy) is 3. The van der Waals surface area contributed by atoms with Gasteiger partial charge in [0.2, 0.25) is 0 Å². The molecule has 0 spiro atoms. The molecule has 0 bridgehead atoms. The maximum Gasteiger partial charge on any atom is 0.293 e. The molecule has 23 heavy (non-hydrogen) atoms. The first-order valence-electron chi connectivity index (χ1n) is 6.67. The number of carbonyl (C=O) groups is 2. The van der Waals surface area contributed by atoms with Crippen molar-refractivity contribution in [1.82, 2.24) is 4.90 Å². The zero-order valence-corrected chi connectivity index (χ0v) is 15.3. The highest BCUT2D eigenvalue weighted by atomic mass is 79.9. The predicted molar refractivity (Wildman–Crippen MR) is 91.8 cm³/mol. The van der Waals surface area contributed by atoms with Gasteiger partial charge in [-0.25, -0.2) is 0 Å². The molecule has 6 nitrogen and oxygen atoms in total. The molecule has 1 aliphatic heterocycles. The van der Waals surface area contributed by atoms with Crippen LogP contribution in [0.3, 0.4) is 0 Å². The van der Waals surface area contributed by atoms with E-state index in [-0.39, 0.29) is 17.7 Å². The van der Waals surface area contributed by atoms with Gasteiger partial charge in [0.25, 0.3) is 11.1 Å². The average molecular weight is 402 g/mol. The third-order valence-corrected chi connectivity index (χ3v) is 4.78. The highest BCUT2D eigenvalue weighted by Crippen LogP contribution is 2.37. The lowest BCUT2D eigenvalue weighted by Gasteiger charge is -2.11. The Kier molecular flexibility index (Phi) is 6.09. The summed E-state index contributed by atoms with van der Waals surface area (Å²) in [7, 11) is 4.61. The van der Waals surface area contributed by atoms with Crippen LogP contribution in [0.4, 0.5) is 4.79 Å². The van der Waals surface area contributed by atoms with E-state index in [0.29, 0.717) is 23.0 Å². The van der Waals surface area contributed by atoms with Crippen LogP contribution in [0, 0.1) is 0 Å². The summed E-state index contributed by atoms with van der Waals surface area (Å²) in [5.74, 6) is 0.795. The molecule has 1 heterocycles. The predicted octanol–water partition coefficient (Wildman–Crippen LogP) is 3.15. The Bertz CT molecular complexity index is 662. The summed E-state index contributed by atoms with van der Waals surface area (Å²) in [6.07, 6.45) is 1.66. The Morgan fingerprint density at radius 1 is 1.17 bits per heavy atom. The molecule has 1 fully saturated rings. The van der Waals surface area contributed by atoms with Crippen LogP contribution in [0.5, 0.6) is 11.5 Å². The molecule has 0 N–H and O–H groups in total. The first-order chi connectivity index (χ1) is 11.0. The molecule has 1 saturated heterocycles. The van der Waals surface area contributed by atoms with E-state index in [2.05, 4.69) is 15.9 Å². The van der Waals surface area contributed by atoms with Crippen molar-refractivity contribution in [2.75, 3.05) is 34.5 Å². The van der Waals surface area contributed by atoms with Crippen molar-refractivity contribution in [2.24, 2.45) is 0 Å². The highest BCUT2D eigenvalue weighted by molar-refractivity contribution is 9.10. The lowest BCUT2D eigenvalue weighted by Crippen LogP contribution is -2.31. The van der Waals surface area contributed by atoms with Crippen LogP contribution in [0.15, 0.2) is 21.5 Å². The van der Waals surface area contributed by atoms with E-state index in [1.54, 1.807) is 25.3 Å². The number of amides is 2. The lowest BCUT2D eigenvalue weighted by molar-refractivity contribution is -0.123. The maximum atomic E-state index is 12.3. The number of thioether (sulfide) groups is 1. The molecule has 124 valence electrons. The van der Waals surface area contributed by atoms with Gasteiger partial charge in [0, 0.05) is 11.6 Å². The second kappa shape index (κ2) is 7.85. The molecular weight excluding hydrogens is 386 g/mol. The molecule has 2 rings (SSSR count). The first kappa shape index (κ1) is 17.8. The number of benzene rings is 1. The number of rotatable bonds is 6. The minimum atomic E-state index is -0.321. The molecule has 0 aromatic heterocycles. The molecular formula is C15H16BrNO5S. The third-order valence-electron chi connectivity index (χ3n) is 3.18. The molecule has 0 unspecified atom stereocenters. The normalized spacial score (nSPS) is 16.3. The number of hydrogen-bond donors (Lipinski definition) is 0. The summed E-state index contributed by atoms with van der Waals surface area (Å²) in [4.78, 5) is 25.8. The van der Waals surface area contributed by atoms with Gasteiger partial charge in [0.05, 0.1) is 32.3 Å². The lowest BCUT2D eigenvalue weighted by atomic mass is 10.2. The van der Waals surface area contributed by atoms with Crippen molar-refractivity contribution in [3.63, 3.8) is 0 Å². The zero-order chi connectivity index (χ0) is 17.0. The molecule has 1 aromatic carbocycles. The highest BCUT2D eigenvalue weighted by Gasteiger charge is 2.34. The molecule has 0 atom stereocenters. The average Bonchev–Trinajstić information content (AvgIpc) is 2.80. The first-order valence-corrected chi connectivity index (χ1v) is 8.28. The van der Waals surface area contributed by atoms with Gasteiger partial charge in [-0.1, -0.05) is 15.9 Å². The number of imide groups is 1. The minimum absolute atomic E-state index is 0.242. The van der Waals surface area contributed by atoms with Crippen molar-refractivity contribution < 1.29 is 23.8 Å². The van der Waals surface area contributed by atoms with E-state index in [0.717, 1.165) is 21.8 Å². The second-order valence-corrected chi connectivity index (χ2v) is 6.40. The Balaban J connectivity index is 2.32. The van der Waals surface area contributed by atoms with E-state index in [1.165, 1.54) is 19.1 Å². The Hall–Kier alpha value is -1.51. The Labute approximate surface area is 146 Å². The van der Waals surface area contributed by atoms with Crippen LogP contribution < -0.4 is 9.47 Å². The third kappa shape index (κ3) is 3.88. The summed E-state index contributed by atoms with van der Waals surface area (Å²) in [5, 5.41) is -0.296. The number of halogens is 1. The van der Waals surface area contributed by atoms with Gasteiger partial charge in [0.15, 0.2) is 11.5 Å². The largest absolute Gasteiger partial charge is 0.493 e. The van der Waals surface area contributed by atoms with Gasteiger partial charge in [-0.2, -0.15) is 0 Å². The number of carbonyl (C=O) groups excluding carboxylic acids is 2. The Morgan fingerprint density at radius 3 is 2.43 bits per heavy atom. The summed E-state index contributed by atoms with van der Waals surface area (Å²) in [6, 6.07) is 3.49. The van der Waals surface area contributed by atoms with Crippen molar-refractivity contribution in [3.8, 4) is 11.5 Å². The molecule has 2 amide bonds. The van der Waals surface area contributed by atoms with Crippen molar-refractivity contribution in [3.05, 3.63) is 27.1 Å². The minimum Gasteiger partial charge on any atom is -0.493 e. The molecule has 1 aliphatic rings. The van der Waals surface area contributed by atoms with E-state index in [4.69, 9.17) is 14.2 Å². The van der Waals surface area contributed by atoms with Crippen LogP contribution >= 0.6 is 27.7 Å². The fourth-order valence-corrected chi connectivity index (χ4v) is 3.29. The van der Waals surface area contributed by atoms with Crippen LogP contribution in [-0.4, -0.2) is 50.5 Å². The van der Waals surface area contributed by atoms with Crippen LogP contribution in [0.25, 0.3) is 6.08 Å². The molecule has 8 heteroatoms. The summed E-state index contributed by atoms with van der Waals surface area (Å²) < 4.78 is 16.1. The summed E-state index contributed by atoms with van der Waals surface area (Å²) >= 11 is 4.34. The van der Waals surface area contributed by atoms with Gasteiger partial charge in [-0.05, 0) is 35.5 Å². The summed E-state index contributed by atoms with van der Waals surface area (Å²) in [6.45, 7) is 0.553. The SMILES string of the molecule is COCCN1C(=O)S/C(=C/c2cc(OC)c(OC)cc2Br)C1=O.